The van der Waals surface area contributed by atoms with Crippen LogP contribution in [-0.2, 0) is 0 Å². The molecule has 5 nitrogen and oxygen atoms in total. The topological polar surface area (TPSA) is 59.2 Å². The molecule has 1 aliphatic rings. The summed E-state index contributed by atoms with van der Waals surface area (Å²) in [6.45, 7) is 3.32. The number of aromatic nitrogens is 2. The molecular weight excluding hydrogens is 322 g/mol. The average Bonchev–Trinajstić information content (AvgIpc) is 3.33. The van der Waals surface area contributed by atoms with Crippen molar-refractivity contribution < 1.29 is 9.32 Å². The smallest absolute Gasteiger partial charge is 0.258 e. The van der Waals surface area contributed by atoms with Gasteiger partial charge in [0.15, 0.2) is 5.82 Å². The molecule has 0 bridgehead atoms. The zero-order valence-electron chi connectivity index (χ0n) is 13.3. The van der Waals surface area contributed by atoms with Crippen molar-refractivity contribution in [3.63, 3.8) is 0 Å². The van der Waals surface area contributed by atoms with E-state index in [4.69, 9.17) is 4.52 Å². The van der Waals surface area contributed by atoms with Crippen molar-refractivity contribution in [2.24, 2.45) is 0 Å². The molecule has 1 aliphatic heterocycles. The van der Waals surface area contributed by atoms with E-state index in [0.717, 1.165) is 29.7 Å². The molecule has 0 saturated carbocycles. The van der Waals surface area contributed by atoms with Gasteiger partial charge in [-0.05, 0) is 36.4 Å². The molecular formula is C18H17N3O2S. The summed E-state index contributed by atoms with van der Waals surface area (Å²) < 4.78 is 5.36. The SMILES string of the molecule is Cc1ccccc1C(=O)N1CCC(c2noc(-c3ccsc3)n2)C1. The molecule has 2 aromatic heterocycles. The van der Waals surface area contributed by atoms with Gasteiger partial charge in [0, 0.05) is 30.0 Å². The maximum Gasteiger partial charge on any atom is 0.258 e. The number of carbonyl (C=O) groups is 1. The van der Waals surface area contributed by atoms with E-state index in [1.54, 1.807) is 11.3 Å². The molecule has 6 heteroatoms. The first kappa shape index (κ1) is 15.1. The number of hydrogen-bond donors (Lipinski definition) is 0. The lowest BCUT2D eigenvalue weighted by molar-refractivity contribution is 0.0789. The number of nitrogens with zero attached hydrogens (tertiary/aromatic N) is 3. The van der Waals surface area contributed by atoms with E-state index >= 15 is 0 Å². The van der Waals surface area contributed by atoms with Crippen LogP contribution in [0.4, 0.5) is 0 Å². The molecule has 24 heavy (non-hydrogen) atoms. The first-order chi connectivity index (χ1) is 11.7. The Morgan fingerprint density at radius 3 is 3.00 bits per heavy atom. The zero-order valence-corrected chi connectivity index (χ0v) is 14.1. The van der Waals surface area contributed by atoms with Crippen molar-refractivity contribution in [1.82, 2.24) is 15.0 Å². The third-order valence-corrected chi connectivity index (χ3v) is 5.11. The fraction of sp³-hybridized carbons (Fsp3) is 0.278. The maximum atomic E-state index is 12.7. The Bertz CT molecular complexity index is 857. The molecule has 0 aliphatic carbocycles. The lowest BCUT2D eigenvalue weighted by Gasteiger charge is -2.17. The minimum Gasteiger partial charge on any atom is -0.338 e. The zero-order chi connectivity index (χ0) is 16.5. The van der Waals surface area contributed by atoms with Gasteiger partial charge in [-0.25, -0.2) is 0 Å². The van der Waals surface area contributed by atoms with Crippen LogP contribution >= 0.6 is 11.3 Å². The highest BCUT2D eigenvalue weighted by atomic mass is 32.1. The van der Waals surface area contributed by atoms with Gasteiger partial charge in [-0.1, -0.05) is 23.4 Å². The molecule has 1 amide bonds. The third-order valence-electron chi connectivity index (χ3n) is 4.43. The summed E-state index contributed by atoms with van der Waals surface area (Å²) >= 11 is 1.60. The van der Waals surface area contributed by atoms with Gasteiger partial charge in [-0.3, -0.25) is 4.79 Å². The largest absolute Gasteiger partial charge is 0.338 e. The van der Waals surface area contributed by atoms with E-state index in [1.807, 2.05) is 52.9 Å². The minimum atomic E-state index is 0.0807. The first-order valence-corrected chi connectivity index (χ1v) is 8.88. The van der Waals surface area contributed by atoms with Crippen LogP contribution in [-0.4, -0.2) is 34.0 Å². The van der Waals surface area contributed by atoms with Crippen molar-refractivity contribution in [3.8, 4) is 11.5 Å². The Balaban J connectivity index is 1.49. The van der Waals surface area contributed by atoms with E-state index in [9.17, 15) is 4.79 Å². The van der Waals surface area contributed by atoms with E-state index in [0.29, 0.717) is 18.3 Å². The van der Waals surface area contributed by atoms with Gasteiger partial charge in [0.05, 0.1) is 5.56 Å². The Morgan fingerprint density at radius 2 is 2.21 bits per heavy atom. The number of likely N-dealkylation sites (tertiary alicyclic amines) is 1. The Labute approximate surface area is 143 Å². The molecule has 3 heterocycles. The number of aryl methyl sites for hydroxylation is 1. The van der Waals surface area contributed by atoms with E-state index in [-0.39, 0.29) is 11.8 Å². The van der Waals surface area contributed by atoms with Crippen LogP contribution in [0, 0.1) is 6.92 Å². The van der Waals surface area contributed by atoms with Crippen molar-refractivity contribution >= 4 is 17.2 Å². The first-order valence-electron chi connectivity index (χ1n) is 7.93. The number of rotatable bonds is 3. The second kappa shape index (κ2) is 6.20. The summed E-state index contributed by atoms with van der Waals surface area (Å²) in [6, 6.07) is 9.66. The molecule has 0 spiro atoms. The molecule has 1 atom stereocenters. The predicted octanol–water partition coefficient (Wildman–Crippen LogP) is 3.74. The molecule has 1 saturated heterocycles. The lowest BCUT2D eigenvalue weighted by atomic mass is 10.1. The van der Waals surface area contributed by atoms with Crippen molar-refractivity contribution in [2.75, 3.05) is 13.1 Å². The Hall–Kier alpha value is -2.47. The summed E-state index contributed by atoms with van der Waals surface area (Å²) in [7, 11) is 0. The van der Waals surface area contributed by atoms with Gasteiger partial charge < -0.3 is 9.42 Å². The summed E-state index contributed by atoms with van der Waals surface area (Å²) in [5.74, 6) is 1.46. The van der Waals surface area contributed by atoms with Crippen LogP contribution in [0.2, 0.25) is 0 Å². The van der Waals surface area contributed by atoms with Crippen LogP contribution in [0.5, 0.6) is 0 Å². The summed E-state index contributed by atoms with van der Waals surface area (Å²) in [4.78, 5) is 19.1. The minimum absolute atomic E-state index is 0.0807. The van der Waals surface area contributed by atoms with Crippen LogP contribution < -0.4 is 0 Å². The van der Waals surface area contributed by atoms with Gasteiger partial charge >= 0.3 is 0 Å². The molecule has 1 fully saturated rings. The van der Waals surface area contributed by atoms with Gasteiger partial charge in [0.1, 0.15) is 0 Å². The number of carbonyl (C=O) groups excluding carboxylic acids is 1. The number of amides is 1. The van der Waals surface area contributed by atoms with Crippen LogP contribution in [0.25, 0.3) is 11.5 Å². The van der Waals surface area contributed by atoms with E-state index in [2.05, 4.69) is 10.1 Å². The van der Waals surface area contributed by atoms with Gasteiger partial charge in [0.2, 0.25) is 0 Å². The van der Waals surface area contributed by atoms with Gasteiger partial charge in [-0.15, -0.1) is 0 Å². The Kier molecular flexibility index (Phi) is 3.90. The molecule has 1 aromatic carbocycles. The second-order valence-electron chi connectivity index (χ2n) is 6.02. The molecule has 0 N–H and O–H groups in total. The van der Waals surface area contributed by atoms with Gasteiger partial charge in [0.25, 0.3) is 11.8 Å². The number of benzene rings is 1. The second-order valence-corrected chi connectivity index (χ2v) is 6.80. The van der Waals surface area contributed by atoms with Crippen LogP contribution in [0.15, 0.2) is 45.6 Å². The summed E-state index contributed by atoms with van der Waals surface area (Å²) in [5.41, 5.74) is 2.72. The highest BCUT2D eigenvalue weighted by molar-refractivity contribution is 7.08. The van der Waals surface area contributed by atoms with E-state index in [1.165, 1.54) is 0 Å². The predicted molar refractivity (Wildman–Crippen MR) is 92.1 cm³/mol. The monoisotopic (exact) mass is 339 g/mol. The highest BCUT2D eigenvalue weighted by Gasteiger charge is 2.31. The van der Waals surface area contributed by atoms with E-state index < -0.39 is 0 Å². The normalized spacial score (nSPS) is 17.4. The van der Waals surface area contributed by atoms with Crippen LogP contribution in [0.1, 0.15) is 34.1 Å². The summed E-state index contributed by atoms with van der Waals surface area (Å²) in [5, 5.41) is 8.09. The highest BCUT2D eigenvalue weighted by Crippen LogP contribution is 2.29. The number of hydrogen-bond acceptors (Lipinski definition) is 5. The van der Waals surface area contributed by atoms with Crippen LogP contribution in [0.3, 0.4) is 0 Å². The molecule has 4 rings (SSSR count). The van der Waals surface area contributed by atoms with Crippen molar-refractivity contribution in [2.45, 2.75) is 19.3 Å². The fourth-order valence-corrected chi connectivity index (χ4v) is 3.67. The number of thiophene rings is 1. The summed E-state index contributed by atoms with van der Waals surface area (Å²) in [6.07, 6.45) is 0.861. The quantitative estimate of drug-likeness (QED) is 0.729. The fourth-order valence-electron chi connectivity index (χ4n) is 3.04. The molecule has 3 aromatic rings. The molecule has 0 radical (unpaired) electrons. The molecule has 122 valence electrons. The standard InChI is InChI=1S/C18H17N3O2S/c1-12-4-2-3-5-15(12)18(22)21-8-6-13(10-21)16-19-17(23-20-16)14-7-9-24-11-14/h2-5,7,9,11,13H,6,8,10H2,1H3. The maximum absolute atomic E-state index is 12.7. The third kappa shape index (κ3) is 2.73. The van der Waals surface area contributed by atoms with Gasteiger partial charge in [-0.2, -0.15) is 16.3 Å². The van der Waals surface area contributed by atoms with Crippen molar-refractivity contribution in [1.29, 1.82) is 0 Å². The Morgan fingerprint density at radius 1 is 1.33 bits per heavy atom. The average molecular weight is 339 g/mol. The van der Waals surface area contributed by atoms with Crippen molar-refractivity contribution in [3.05, 3.63) is 58.0 Å². The molecule has 1 unspecified atom stereocenters. The lowest BCUT2D eigenvalue weighted by Crippen LogP contribution is -2.29.